The average molecular weight is 323 g/mol. The molecule has 0 unspecified atom stereocenters. The quantitative estimate of drug-likeness (QED) is 0.537. The molecule has 10 heteroatoms. The summed E-state index contributed by atoms with van der Waals surface area (Å²) in [5.74, 6) is -0.933. The van der Waals surface area contributed by atoms with Crippen LogP contribution in [0.3, 0.4) is 0 Å². The zero-order chi connectivity index (χ0) is 16.8. The molecule has 1 aliphatic heterocycles. The van der Waals surface area contributed by atoms with Gasteiger partial charge in [-0.2, -0.15) is 5.21 Å². The lowest BCUT2D eigenvalue weighted by molar-refractivity contribution is 0.0880. The fraction of sp³-hybridized carbons (Fsp3) is 0. The molecular weight excluding hydrogens is 314 g/mol. The average Bonchev–Trinajstić information content (AvgIpc) is 3.17. The number of pyridine rings is 1. The molecule has 0 atom stereocenters. The molecule has 0 aliphatic carbocycles. The molecule has 2 amide bonds. The SMILES string of the molecule is Nc1c2c(cc(=O)n1-c1ccc(-c3nn[nH]n3)cc1)C(=O)NC2=O. The molecule has 10 nitrogen and oxygen atoms in total. The van der Waals surface area contributed by atoms with Crippen LogP contribution in [-0.2, 0) is 0 Å². The second-order valence-electron chi connectivity index (χ2n) is 5.06. The van der Waals surface area contributed by atoms with Crippen molar-refractivity contribution in [2.45, 2.75) is 0 Å². The maximum absolute atomic E-state index is 12.3. The Morgan fingerprint density at radius 3 is 2.46 bits per heavy atom. The summed E-state index contributed by atoms with van der Waals surface area (Å²) in [4.78, 5) is 35.8. The van der Waals surface area contributed by atoms with E-state index in [0.29, 0.717) is 17.1 Å². The predicted octanol–water partition coefficient (Wildman–Crippen LogP) is -0.517. The van der Waals surface area contributed by atoms with E-state index in [2.05, 4.69) is 25.9 Å². The Morgan fingerprint density at radius 1 is 1.04 bits per heavy atom. The number of tetrazole rings is 1. The summed E-state index contributed by atoms with van der Waals surface area (Å²) in [5, 5.41) is 15.7. The normalized spacial score (nSPS) is 13.0. The fourth-order valence-electron chi connectivity index (χ4n) is 2.59. The summed E-state index contributed by atoms with van der Waals surface area (Å²) in [6, 6.07) is 7.73. The number of aromatic amines is 1. The maximum atomic E-state index is 12.3. The van der Waals surface area contributed by atoms with Crippen LogP contribution >= 0.6 is 0 Å². The van der Waals surface area contributed by atoms with Gasteiger partial charge in [0.1, 0.15) is 5.82 Å². The van der Waals surface area contributed by atoms with Gasteiger partial charge in [-0.05, 0) is 29.5 Å². The Morgan fingerprint density at radius 2 is 1.79 bits per heavy atom. The molecule has 4 rings (SSSR count). The third-order valence-corrected chi connectivity index (χ3v) is 3.68. The number of nitrogens with two attached hydrogens (primary N) is 1. The molecule has 0 fully saturated rings. The summed E-state index contributed by atoms with van der Waals surface area (Å²) < 4.78 is 1.16. The number of aromatic nitrogens is 5. The highest BCUT2D eigenvalue weighted by molar-refractivity contribution is 6.23. The van der Waals surface area contributed by atoms with Crippen molar-refractivity contribution in [3.63, 3.8) is 0 Å². The molecule has 1 aliphatic rings. The van der Waals surface area contributed by atoms with Gasteiger partial charge in [0, 0.05) is 11.6 Å². The summed E-state index contributed by atoms with van der Waals surface area (Å²) in [5.41, 5.74) is 6.57. The van der Waals surface area contributed by atoms with E-state index in [1.807, 2.05) is 0 Å². The highest BCUT2D eigenvalue weighted by Gasteiger charge is 2.31. The second kappa shape index (κ2) is 4.84. The molecule has 4 N–H and O–H groups in total. The summed E-state index contributed by atoms with van der Waals surface area (Å²) in [6.45, 7) is 0. The van der Waals surface area contributed by atoms with Crippen molar-refractivity contribution in [2.75, 3.05) is 5.73 Å². The van der Waals surface area contributed by atoms with Crippen molar-refractivity contribution in [1.29, 1.82) is 0 Å². The zero-order valence-electron chi connectivity index (χ0n) is 12.0. The molecule has 0 saturated heterocycles. The molecule has 1 aromatic carbocycles. The molecule has 3 heterocycles. The van der Waals surface area contributed by atoms with Crippen molar-refractivity contribution in [2.24, 2.45) is 0 Å². The van der Waals surface area contributed by atoms with E-state index in [-0.39, 0.29) is 16.9 Å². The molecule has 118 valence electrons. The minimum atomic E-state index is -0.626. The number of amides is 2. The number of rotatable bonds is 2. The topological polar surface area (TPSA) is 149 Å². The summed E-state index contributed by atoms with van der Waals surface area (Å²) in [6.07, 6.45) is 0. The first-order valence-electron chi connectivity index (χ1n) is 6.82. The monoisotopic (exact) mass is 323 g/mol. The van der Waals surface area contributed by atoms with Gasteiger partial charge in [0.2, 0.25) is 5.82 Å². The highest BCUT2D eigenvalue weighted by atomic mass is 16.2. The zero-order valence-corrected chi connectivity index (χ0v) is 12.0. The van der Waals surface area contributed by atoms with E-state index in [1.165, 1.54) is 0 Å². The third-order valence-electron chi connectivity index (χ3n) is 3.68. The largest absolute Gasteiger partial charge is 0.384 e. The van der Waals surface area contributed by atoms with Crippen LogP contribution in [0.15, 0.2) is 35.1 Å². The number of hydrogen-bond donors (Lipinski definition) is 3. The molecule has 24 heavy (non-hydrogen) atoms. The lowest BCUT2D eigenvalue weighted by atomic mass is 10.1. The van der Waals surface area contributed by atoms with Crippen LogP contribution in [0, 0.1) is 0 Å². The Bertz CT molecular complexity index is 1040. The number of fused-ring (bicyclic) bond motifs is 1. The van der Waals surface area contributed by atoms with Crippen molar-refractivity contribution in [3.05, 3.63) is 51.8 Å². The lowest BCUT2D eigenvalue weighted by Crippen LogP contribution is -2.24. The Hall–Kier alpha value is -3.82. The van der Waals surface area contributed by atoms with Gasteiger partial charge in [-0.1, -0.05) is 0 Å². The van der Waals surface area contributed by atoms with Gasteiger partial charge in [-0.25, -0.2) is 0 Å². The second-order valence-corrected chi connectivity index (χ2v) is 5.06. The Labute approximate surface area is 133 Å². The van der Waals surface area contributed by atoms with Gasteiger partial charge in [0.05, 0.1) is 16.8 Å². The van der Waals surface area contributed by atoms with E-state index < -0.39 is 17.4 Å². The van der Waals surface area contributed by atoms with Gasteiger partial charge >= 0.3 is 0 Å². The number of nitrogens with one attached hydrogen (secondary N) is 2. The molecule has 3 aromatic rings. The molecular formula is C14H9N7O3. The maximum Gasteiger partial charge on any atom is 0.262 e. The van der Waals surface area contributed by atoms with Gasteiger partial charge < -0.3 is 5.73 Å². The molecule has 0 saturated carbocycles. The first-order chi connectivity index (χ1) is 11.6. The predicted molar refractivity (Wildman–Crippen MR) is 81.4 cm³/mol. The number of carbonyl (C=O) groups excluding carboxylic acids is 2. The van der Waals surface area contributed by atoms with E-state index in [9.17, 15) is 14.4 Å². The van der Waals surface area contributed by atoms with Crippen molar-refractivity contribution in [3.8, 4) is 17.1 Å². The van der Waals surface area contributed by atoms with Gasteiger partial charge in [0.15, 0.2) is 0 Å². The highest BCUT2D eigenvalue weighted by Crippen LogP contribution is 2.23. The molecule has 0 bridgehead atoms. The lowest BCUT2D eigenvalue weighted by Gasteiger charge is -2.12. The van der Waals surface area contributed by atoms with E-state index in [1.54, 1.807) is 24.3 Å². The molecule has 0 spiro atoms. The van der Waals surface area contributed by atoms with Crippen molar-refractivity contribution >= 4 is 17.6 Å². The number of imide groups is 1. The molecule has 2 aromatic heterocycles. The molecule has 0 radical (unpaired) electrons. The first kappa shape index (κ1) is 13.8. The Balaban J connectivity index is 1.86. The third kappa shape index (κ3) is 1.90. The summed E-state index contributed by atoms with van der Waals surface area (Å²) in [7, 11) is 0. The first-order valence-corrected chi connectivity index (χ1v) is 6.82. The van der Waals surface area contributed by atoms with Gasteiger partial charge in [0.25, 0.3) is 17.4 Å². The number of nitrogens with zero attached hydrogens (tertiary/aromatic N) is 4. The van der Waals surface area contributed by atoms with Crippen LogP contribution < -0.4 is 16.6 Å². The van der Waals surface area contributed by atoms with Crippen LogP contribution in [0.5, 0.6) is 0 Å². The van der Waals surface area contributed by atoms with Crippen LogP contribution in [0.4, 0.5) is 5.82 Å². The van der Waals surface area contributed by atoms with Crippen LogP contribution in [0.1, 0.15) is 20.7 Å². The van der Waals surface area contributed by atoms with E-state index in [4.69, 9.17) is 5.73 Å². The summed E-state index contributed by atoms with van der Waals surface area (Å²) >= 11 is 0. The van der Waals surface area contributed by atoms with E-state index in [0.717, 1.165) is 10.6 Å². The number of carbonyl (C=O) groups is 2. The Kier molecular flexibility index (Phi) is 2.79. The van der Waals surface area contributed by atoms with E-state index >= 15 is 0 Å². The number of nitrogen functional groups attached to an aromatic ring is 1. The van der Waals surface area contributed by atoms with Gasteiger partial charge in [-0.15, -0.1) is 10.2 Å². The fourth-order valence-corrected chi connectivity index (χ4v) is 2.59. The number of benzene rings is 1. The van der Waals surface area contributed by atoms with Crippen LogP contribution in [-0.4, -0.2) is 37.0 Å². The van der Waals surface area contributed by atoms with Crippen LogP contribution in [0.25, 0.3) is 17.1 Å². The minimum Gasteiger partial charge on any atom is -0.384 e. The number of hydrogen-bond acceptors (Lipinski definition) is 7. The van der Waals surface area contributed by atoms with Crippen molar-refractivity contribution < 1.29 is 9.59 Å². The number of H-pyrrole nitrogens is 1. The van der Waals surface area contributed by atoms with Crippen molar-refractivity contribution in [1.82, 2.24) is 30.5 Å². The minimum absolute atomic E-state index is 0.00171. The smallest absolute Gasteiger partial charge is 0.262 e. The standard InChI is InChI=1S/C14H9N7O3/c15-11-10-8(13(23)16-14(10)24)5-9(22)21(11)7-3-1-6(2-4-7)12-17-19-20-18-12/h1-5H,15H2,(H,16,23,24)(H,17,18,19,20). The van der Waals surface area contributed by atoms with Gasteiger partial charge in [-0.3, -0.25) is 24.3 Å². The van der Waals surface area contributed by atoms with Crippen LogP contribution in [0.2, 0.25) is 0 Å². The number of anilines is 1.